The molecule has 3 aromatic carbocycles. The number of allylic oxidation sites excluding steroid dienone is 1. The number of benzene rings is 3. The van der Waals surface area contributed by atoms with Crippen molar-refractivity contribution in [3.8, 4) is 0 Å². The molecule has 1 fully saturated rings. The average Bonchev–Trinajstić information content (AvgIpc) is 3.40. The number of rotatable bonds is 15. The van der Waals surface area contributed by atoms with E-state index in [-0.39, 0.29) is 48.8 Å². The van der Waals surface area contributed by atoms with Crippen LogP contribution >= 0.6 is 11.8 Å². The summed E-state index contributed by atoms with van der Waals surface area (Å²) < 4.78 is 16.1. The Bertz CT molecular complexity index is 1900. The summed E-state index contributed by atoms with van der Waals surface area (Å²) in [4.78, 5) is 72.5. The van der Waals surface area contributed by atoms with Gasteiger partial charge in [-0.2, -0.15) is 0 Å². The van der Waals surface area contributed by atoms with Crippen molar-refractivity contribution in [2.45, 2.75) is 51.5 Å². The summed E-state index contributed by atoms with van der Waals surface area (Å²) >= 11 is 1.43. The molecule has 2 aliphatic rings. The van der Waals surface area contributed by atoms with Crippen LogP contribution in [0.5, 0.6) is 0 Å². The lowest BCUT2D eigenvalue weighted by molar-refractivity contribution is -0.385. The van der Waals surface area contributed by atoms with Gasteiger partial charge in [0, 0.05) is 72.1 Å². The summed E-state index contributed by atoms with van der Waals surface area (Å²) in [7, 11) is 0. The van der Waals surface area contributed by atoms with Crippen LogP contribution in [0.15, 0.2) is 83.4 Å². The number of non-ortho nitro benzene ring substituents is 3. The predicted octanol–water partition coefficient (Wildman–Crippen LogP) is 6.19. The Morgan fingerprint density at radius 3 is 1.79 bits per heavy atom. The summed E-state index contributed by atoms with van der Waals surface area (Å²) in [5, 5.41) is 35.5. The van der Waals surface area contributed by atoms with Crippen molar-refractivity contribution < 1.29 is 43.4 Å². The average molecular weight is 736 g/mol. The molecule has 5 rings (SSSR count). The molecule has 52 heavy (non-hydrogen) atoms. The predicted molar refractivity (Wildman–Crippen MR) is 185 cm³/mol. The van der Waals surface area contributed by atoms with E-state index in [9.17, 15) is 44.7 Å². The number of carbonyl (C=O) groups is 3. The molecule has 2 atom stereocenters. The Morgan fingerprint density at radius 2 is 1.29 bits per heavy atom. The fraction of sp³-hybridized carbons (Fsp3) is 0.324. The number of nitro groups is 3. The Morgan fingerprint density at radius 1 is 0.808 bits per heavy atom. The Balaban J connectivity index is 1.19. The minimum atomic E-state index is -1.27. The van der Waals surface area contributed by atoms with Crippen LogP contribution in [0.2, 0.25) is 0 Å². The first kappa shape index (κ1) is 37.2. The highest BCUT2D eigenvalue weighted by molar-refractivity contribution is 8.03. The normalized spacial score (nSPS) is 16.4. The molecular weight excluding hydrogens is 702 g/mol. The largest absolute Gasteiger partial charge is 0.509 e. The lowest BCUT2D eigenvalue weighted by Gasteiger charge is -2.50. The van der Waals surface area contributed by atoms with Crippen molar-refractivity contribution in [1.82, 2.24) is 10.2 Å². The van der Waals surface area contributed by atoms with Gasteiger partial charge in [0.25, 0.3) is 17.1 Å². The van der Waals surface area contributed by atoms with Gasteiger partial charge in [0.2, 0.25) is 5.91 Å². The van der Waals surface area contributed by atoms with E-state index in [0.29, 0.717) is 35.4 Å². The van der Waals surface area contributed by atoms with Crippen LogP contribution in [0.1, 0.15) is 37.0 Å². The first-order valence-corrected chi connectivity index (χ1v) is 16.9. The smallest absolute Gasteiger partial charge is 0.445 e. The number of ether oxygens (including phenoxy) is 3. The van der Waals surface area contributed by atoms with E-state index in [0.717, 1.165) is 10.5 Å². The van der Waals surface area contributed by atoms with Crippen LogP contribution < -0.4 is 5.32 Å². The lowest BCUT2D eigenvalue weighted by atomic mass is 9.76. The topological polar surface area (TPSA) is 224 Å². The van der Waals surface area contributed by atoms with Crippen LogP contribution in [-0.4, -0.2) is 61.8 Å². The van der Waals surface area contributed by atoms with E-state index in [1.54, 1.807) is 30.9 Å². The third-order valence-corrected chi connectivity index (χ3v) is 9.67. The molecule has 0 aromatic heterocycles. The number of thioether (sulfide) groups is 1. The molecule has 2 amide bonds. The number of β-lactam (4-membered cyclic amide) rings is 1. The van der Waals surface area contributed by atoms with Crippen molar-refractivity contribution >= 4 is 47.0 Å². The monoisotopic (exact) mass is 735 g/mol. The van der Waals surface area contributed by atoms with Gasteiger partial charge < -0.3 is 24.4 Å². The molecule has 18 heteroatoms. The molecule has 0 bridgehead atoms. The minimum absolute atomic E-state index is 0.0670. The molecular formula is C34H33N5O12S. The summed E-state index contributed by atoms with van der Waals surface area (Å²) in [6.45, 7) is 3.18. The lowest BCUT2D eigenvalue weighted by Crippen LogP contribution is -2.65. The maximum absolute atomic E-state index is 13.7. The second-order valence-corrected chi connectivity index (χ2v) is 13.6. The molecule has 1 N–H and O–H groups in total. The van der Waals surface area contributed by atoms with Gasteiger partial charge in [0.05, 0.1) is 26.7 Å². The van der Waals surface area contributed by atoms with E-state index in [1.165, 1.54) is 72.4 Å². The van der Waals surface area contributed by atoms with Crippen LogP contribution in [0.4, 0.5) is 26.7 Å². The van der Waals surface area contributed by atoms with Gasteiger partial charge in [-0.25, -0.2) is 9.59 Å². The number of nitrogens with one attached hydrogen (secondary N) is 1. The van der Waals surface area contributed by atoms with Crippen molar-refractivity contribution in [1.29, 1.82) is 0 Å². The zero-order chi connectivity index (χ0) is 37.6. The summed E-state index contributed by atoms with van der Waals surface area (Å²) in [6.07, 6.45) is -0.936. The molecule has 0 unspecified atom stereocenters. The van der Waals surface area contributed by atoms with E-state index >= 15 is 0 Å². The summed E-state index contributed by atoms with van der Waals surface area (Å²) in [6, 6.07) is 16.8. The number of hydrogen-bond acceptors (Lipinski definition) is 13. The van der Waals surface area contributed by atoms with E-state index < -0.39 is 38.5 Å². The summed E-state index contributed by atoms with van der Waals surface area (Å²) in [5.74, 6) is -0.560. The van der Waals surface area contributed by atoms with Crippen LogP contribution in [-0.2, 0) is 38.6 Å². The molecule has 1 saturated heterocycles. The van der Waals surface area contributed by atoms with Crippen LogP contribution in [0.3, 0.4) is 0 Å². The quantitative estimate of drug-likeness (QED) is 0.0605. The zero-order valence-electron chi connectivity index (χ0n) is 27.9. The maximum Gasteiger partial charge on any atom is 0.509 e. The van der Waals surface area contributed by atoms with Crippen molar-refractivity contribution in [3.05, 3.63) is 130 Å². The van der Waals surface area contributed by atoms with Gasteiger partial charge >= 0.3 is 12.2 Å². The molecule has 272 valence electrons. The third kappa shape index (κ3) is 8.81. The molecule has 2 heterocycles. The highest BCUT2D eigenvalue weighted by atomic mass is 32.2. The number of amides is 2. The number of hydrogen-bond donors (Lipinski definition) is 1. The highest BCUT2D eigenvalue weighted by Crippen LogP contribution is 2.50. The van der Waals surface area contributed by atoms with E-state index in [4.69, 9.17) is 14.2 Å². The zero-order valence-corrected chi connectivity index (χ0v) is 28.7. The van der Waals surface area contributed by atoms with Crippen molar-refractivity contribution in [2.75, 3.05) is 12.3 Å². The van der Waals surface area contributed by atoms with Gasteiger partial charge in [-0.1, -0.05) is 12.1 Å². The van der Waals surface area contributed by atoms with Gasteiger partial charge in [0.15, 0.2) is 0 Å². The minimum Gasteiger partial charge on any atom is -0.445 e. The van der Waals surface area contributed by atoms with Gasteiger partial charge in [-0.3, -0.25) is 35.1 Å². The maximum atomic E-state index is 13.7. The van der Waals surface area contributed by atoms with Gasteiger partial charge in [-0.15, -0.1) is 11.8 Å². The first-order valence-electron chi connectivity index (χ1n) is 15.9. The number of nitrogens with zero attached hydrogens (tertiary/aromatic N) is 4. The molecule has 17 nitrogen and oxygen atoms in total. The number of carbonyl (C=O) groups excluding carboxylic acids is 3. The van der Waals surface area contributed by atoms with E-state index in [2.05, 4.69) is 5.32 Å². The second-order valence-electron chi connectivity index (χ2n) is 12.4. The van der Waals surface area contributed by atoms with E-state index in [1.807, 2.05) is 0 Å². The molecule has 0 saturated carbocycles. The summed E-state index contributed by atoms with van der Waals surface area (Å²) in [5.41, 5.74) is 1.03. The second kappa shape index (κ2) is 15.9. The highest BCUT2D eigenvalue weighted by Gasteiger charge is 2.60. The van der Waals surface area contributed by atoms with Gasteiger partial charge in [-0.05, 0) is 54.8 Å². The van der Waals surface area contributed by atoms with Crippen LogP contribution in [0, 0.1) is 36.3 Å². The van der Waals surface area contributed by atoms with Crippen molar-refractivity contribution in [3.63, 3.8) is 0 Å². The number of nitro benzene ring substituents is 3. The SMILES string of the molecule is CC(C)(OC(=O)OCc1ccc([N+](=O)[O-])cc1)[C@@H]1C(=O)N2C(Cc3ccc([N+](=O)[O-])cc3)=C(SCCNC(=O)OCc3ccc([N+](=O)[O-])cc3)C[C@H]12. The third-order valence-electron chi connectivity index (χ3n) is 8.51. The molecule has 0 radical (unpaired) electrons. The molecule has 2 aliphatic heterocycles. The standard InChI is InChI=1S/C34H33N5O12S/c1-34(2,51-33(42)50-20-23-7-13-26(14-8-23)39(47)48)30-28-18-29(27(36(28)31(30)40)17-21-3-9-24(10-4-21)37(43)44)52-16-15-35-32(41)49-19-22-5-11-25(12-6-22)38(45)46/h3-14,28,30H,15-20H2,1-2H3,(H,35,41)/t28-,30+/m1/s1. The number of alkyl carbamates (subject to hydrolysis) is 1. The molecule has 0 aliphatic carbocycles. The van der Waals surface area contributed by atoms with Crippen molar-refractivity contribution in [2.24, 2.45) is 5.92 Å². The van der Waals surface area contributed by atoms with Crippen LogP contribution in [0.25, 0.3) is 0 Å². The first-order chi connectivity index (χ1) is 24.7. The Hall–Kier alpha value is -6.04. The number of fused-ring (bicyclic) bond motifs is 1. The fourth-order valence-corrected chi connectivity index (χ4v) is 7.03. The molecule has 0 spiro atoms. The fourth-order valence-electron chi connectivity index (χ4n) is 5.95. The van der Waals surface area contributed by atoms with Gasteiger partial charge in [0.1, 0.15) is 18.8 Å². The Kier molecular flexibility index (Phi) is 11.4. The Labute approximate surface area is 300 Å². The molecule has 3 aromatic rings.